The first-order chi connectivity index (χ1) is 17.6. The van der Waals surface area contributed by atoms with E-state index in [4.69, 9.17) is 21.3 Å². The highest BCUT2D eigenvalue weighted by molar-refractivity contribution is 6.31. The zero-order valence-corrected chi connectivity index (χ0v) is 20.1. The molecule has 0 aliphatic rings. The molecule has 36 heavy (non-hydrogen) atoms. The maximum atomic E-state index is 13.4. The topological polar surface area (TPSA) is 86.8 Å². The van der Waals surface area contributed by atoms with E-state index in [1.54, 1.807) is 24.4 Å². The molecule has 8 heteroatoms. The zero-order chi connectivity index (χ0) is 25.2. The van der Waals surface area contributed by atoms with Gasteiger partial charge in [-0.15, -0.1) is 0 Å². The van der Waals surface area contributed by atoms with Gasteiger partial charge in [0.2, 0.25) is 0 Å². The summed E-state index contributed by atoms with van der Waals surface area (Å²) in [4.78, 5) is 8.40. The second-order valence-corrected chi connectivity index (χ2v) is 8.35. The summed E-state index contributed by atoms with van der Waals surface area (Å²) in [5.74, 6) is 7.62. The Morgan fingerprint density at radius 1 is 1.06 bits per heavy atom. The number of furan rings is 1. The Balaban J connectivity index is 1.40. The van der Waals surface area contributed by atoms with Crippen molar-refractivity contribution in [2.24, 2.45) is 0 Å². The maximum absolute atomic E-state index is 13.4. The minimum absolute atomic E-state index is 0.238. The van der Waals surface area contributed by atoms with Crippen LogP contribution in [0.2, 0.25) is 5.02 Å². The average molecular weight is 500 g/mol. The first-order valence-electron chi connectivity index (χ1n) is 11.4. The largest absolute Gasteiger partial charge is 0.451 e. The first kappa shape index (κ1) is 24.9. The van der Waals surface area contributed by atoms with Gasteiger partial charge in [-0.25, -0.2) is 14.4 Å². The number of aryl methyl sites for hydroxylation is 2. The second kappa shape index (κ2) is 12.5. The molecule has 2 aromatic carbocycles. The Hall–Kier alpha value is -4.17. The number of nitrogens with zero attached hydrogens (tertiary/aromatic N) is 3. The lowest BCUT2D eigenvalue weighted by Gasteiger charge is -2.10. The van der Waals surface area contributed by atoms with Gasteiger partial charge in [-0.3, -0.25) is 0 Å². The molecule has 0 aliphatic heterocycles. The SMILES string of the molecule is N#CCCNCc1ccc(C#Cc2cncnc2Nc2ccc(CCc3cccc(F)c3)c(Cl)c2)o1. The van der Waals surface area contributed by atoms with Gasteiger partial charge in [0.25, 0.3) is 0 Å². The monoisotopic (exact) mass is 499 g/mol. The maximum Gasteiger partial charge on any atom is 0.177 e. The number of nitrogens with one attached hydrogen (secondary N) is 2. The number of hydrogen-bond donors (Lipinski definition) is 2. The Labute approximate surface area is 214 Å². The minimum atomic E-state index is -0.238. The van der Waals surface area contributed by atoms with Crippen molar-refractivity contribution in [2.45, 2.75) is 25.8 Å². The van der Waals surface area contributed by atoms with Crippen molar-refractivity contribution >= 4 is 23.1 Å². The van der Waals surface area contributed by atoms with E-state index in [1.165, 1.54) is 12.4 Å². The lowest BCUT2D eigenvalue weighted by atomic mass is 10.0. The van der Waals surface area contributed by atoms with E-state index >= 15 is 0 Å². The smallest absolute Gasteiger partial charge is 0.177 e. The second-order valence-electron chi connectivity index (χ2n) is 7.95. The van der Waals surface area contributed by atoms with Crippen LogP contribution in [0, 0.1) is 29.0 Å². The van der Waals surface area contributed by atoms with Crippen molar-refractivity contribution in [3.05, 3.63) is 106 Å². The Kier molecular flexibility index (Phi) is 8.67. The van der Waals surface area contributed by atoms with E-state index in [1.807, 2.05) is 30.3 Å². The number of hydrogen-bond acceptors (Lipinski definition) is 6. The summed E-state index contributed by atoms with van der Waals surface area (Å²) in [6, 6.07) is 18.0. The Morgan fingerprint density at radius 3 is 2.81 bits per heavy atom. The van der Waals surface area contributed by atoms with Gasteiger partial charge in [0, 0.05) is 29.9 Å². The molecule has 4 rings (SSSR count). The van der Waals surface area contributed by atoms with Crippen molar-refractivity contribution < 1.29 is 8.81 Å². The molecule has 6 nitrogen and oxygen atoms in total. The summed E-state index contributed by atoms with van der Waals surface area (Å²) in [5.41, 5.74) is 3.27. The van der Waals surface area contributed by atoms with Gasteiger partial charge in [0.05, 0.1) is 18.2 Å². The molecule has 2 heterocycles. The van der Waals surface area contributed by atoms with E-state index in [0.717, 1.165) is 22.6 Å². The highest BCUT2D eigenvalue weighted by atomic mass is 35.5. The number of anilines is 2. The fourth-order valence-electron chi connectivity index (χ4n) is 3.48. The molecule has 0 bridgehead atoms. The standard InChI is InChI=1S/C28H23ClFN5O/c29-27-16-24(9-7-21(27)6-5-20-3-1-4-23(30)15-20)35-28-22(17-33-19-34-28)8-10-25-11-12-26(36-25)18-32-14-2-13-31/h1,3-4,7,9,11-12,15-17,19,32H,2,5-6,14,18H2,(H,33,34,35). The summed E-state index contributed by atoms with van der Waals surface area (Å²) >= 11 is 6.52. The third-order valence-electron chi connectivity index (χ3n) is 5.29. The molecule has 0 unspecified atom stereocenters. The number of aromatic nitrogens is 2. The van der Waals surface area contributed by atoms with Gasteiger partial charge in [-0.1, -0.05) is 35.7 Å². The van der Waals surface area contributed by atoms with Gasteiger partial charge in [0.15, 0.2) is 5.76 Å². The number of benzene rings is 2. The molecule has 0 saturated heterocycles. The minimum Gasteiger partial charge on any atom is -0.451 e. The molecule has 0 amide bonds. The van der Waals surface area contributed by atoms with Crippen LogP contribution in [0.1, 0.15) is 34.6 Å². The Morgan fingerprint density at radius 2 is 1.97 bits per heavy atom. The van der Waals surface area contributed by atoms with Crippen LogP contribution in [-0.2, 0) is 19.4 Å². The lowest BCUT2D eigenvalue weighted by Crippen LogP contribution is -2.13. The molecular formula is C28H23ClFN5O. The van der Waals surface area contributed by atoms with Crippen molar-refractivity contribution in [1.82, 2.24) is 15.3 Å². The van der Waals surface area contributed by atoms with Gasteiger partial charge in [-0.05, 0) is 66.3 Å². The molecule has 0 spiro atoms. The molecule has 0 atom stereocenters. The van der Waals surface area contributed by atoms with Crippen LogP contribution in [0.15, 0.2) is 71.5 Å². The molecule has 2 aromatic heterocycles. The lowest BCUT2D eigenvalue weighted by molar-refractivity contribution is 0.477. The number of halogens is 2. The normalized spacial score (nSPS) is 10.4. The third kappa shape index (κ3) is 7.16. The predicted molar refractivity (Wildman–Crippen MR) is 137 cm³/mol. The van der Waals surface area contributed by atoms with Crippen molar-refractivity contribution in [1.29, 1.82) is 5.26 Å². The van der Waals surface area contributed by atoms with E-state index in [2.05, 4.69) is 38.5 Å². The predicted octanol–water partition coefficient (Wildman–Crippen LogP) is 5.79. The van der Waals surface area contributed by atoms with Crippen LogP contribution in [-0.4, -0.2) is 16.5 Å². The van der Waals surface area contributed by atoms with Crippen LogP contribution in [0.5, 0.6) is 0 Å². The van der Waals surface area contributed by atoms with Gasteiger partial charge < -0.3 is 15.1 Å². The number of nitriles is 1. The highest BCUT2D eigenvalue weighted by Crippen LogP contribution is 2.25. The molecule has 0 aliphatic carbocycles. The van der Waals surface area contributed by atoms with Gasteiger partial charge >= 0.3 is 0 Å². The van der Waals surface area contributed by atoms with E-state index < -0.39 is 0 Å². The van der Waals surface area contributed by atoms with Gasteiger partial charge in [0.1, 0.15) is 23.7 Å². The fourth-order valence-corrected chi connectivity index (χ4v) is 3.76. The zero-order valence-electron chi connectivity index (χ0n) is 19.4. The van der Waals surface area contributed by atoms with Crippen LogP contribution in [0.3, 0.4) is 0 Å². The summed E-state index contributed by atoms with van der Waals surface area (Å²) in [6.45, 7) is 1.14. The molecule has 0 radical (unpaired) electrons. The summed E-state index contributed by atoms with van der Waals surface area (Å²) in [5, 5.41) is 15.6. The van der Waals surface area contributed by atoms with Crippen molar-refractivity contribution in [3.8, 4) is 17.9 Å². The first-order valence-corrected chi connectivity index (χ1v) is 11.8. The number of rotatable bonds is 9. The van der Waals surface area contributed by atoms with Crippen molar-refractivity contribution in [2.75, 3.05) is 11.9 Å². The Bertz CT molecular complexity index is 1430. The van der Waals surface area contributed by atoms with Crippen LogP contribution in [0.4, 0.5) is 15.9 Å². The van der Waals surface area contributed by atoms with E-state index in [9.17, 15) is 4.39 Å². The van der Waals surface area contributed by atoms with Crippen LogP contribution < -0.4 is 10.6 Å². The molecule has 4 aromatic rings. The highest BCUT2D eigenvalue weighted by Gasteiger charge is 2.07. The molecular weight excluding hydrogens is 477 g/mol. The third-order valence-corrected chi connectivity index (χ3v) is 5.65. The van der Waals surface area contributed by atoms with E-state index in [0.29, 0.717) is 54.5 Å². The fraction of sp³-hybridized carbons (Fsp3) is 0.179. The van der Waals surface area contributed by atoms with Crippen LogP contribution in [0.25, 0.3) is 0 Å². The average Bonchev–Trinajstić information content (AvgIpc) is 3.33. The summed E-state index contributed by atoms with van der Waals surface area (Å²) in [6.07, 6.45) is 4.91. The summed E-state index contributed by atoms with van der Waals surface area (Å²) in [7, 11) is 0. The molecule has 180 valence electrons. The van der Waals surface area contributed by atoms with Crippen molar-refractivity contribution in [3.63, 3.8) is 0 Å². The molecule has 2 N–H and O–H groups in total. The van der Waals surface area contributed by atoms with Crippen LogP contribution >= 0.6 is 11.6 Å². The summed E-state index contributed by atoms with van der Waals surface area (Å²) < 4.78 is 19.1. The van der Waals surface area contributed by atoms with E-state index in [-0.39, 0.29) is 5.82 Å². The quantitative estimate of drug-likeness (QED) is 0.224. The molecule has 0 fully saturated rings. The molecule has 0 saturated carbocycles. The van der Waals surface area contributed by atoms with Gasteiger partial charge in [-0.2, -0.15) is 5.26 Å².